The molecular weight excluding hydrogens is 380 g/mol. The first-order chi connectivity index (χ1) is 12.2. The van der Waals surface area contributed by atoms with E-state index in [0.29, 0.717) is 0 Å². The van der Waals surface area contributed by atoms with Crippen LogP contribution in [0.4, 0.5) is 0 Å². The summed E-state index contributed by atoms with van der Waals surface area (Å²) in [6, 6.07) is 14.8. The molecule has 1 saturated heterocycles. The van der Waals surface area contributed by atoms with Crippen molar-refractivity contribution in [2.45, 2.75) is 13.1 Å². The molecule has 0 radical (unpaired) electrons. The standard InChI is InChI=1S/C20H25BrN2O2/c1-24-18-5-3-4-16(12-18)14-22-8-10-23(11-9-22)15-17-6-7-20(25-2)19(21)13-17/h3-7,12-13H,8-11,14-15H2,1-2H3/p+2. The maximum absolute atomic E-state index is 5.33. The third kappa shape index (κ3) is 4.97. The van der Waals surface area contributed by atoms with Gasteiger partial charge < -0.3 is 19.3 Å². The second-order valence-electron chi connectivity index (χ2n) is 6.67. The summed E-state index contributed by atoms with van der Waals surface area (Å²) in [5.74, 6) is 1.84. The van der Waals surface area contributed by atoms with Gasteiger partial charge >= 0.3 is 0 Å². The summed E-state index contributed by atoms with van der Waals surface area (Å²) in [6.45, 7) is 7.01. The van der Waals surface area contributed by atoms with E-state index in [1.165, 1.54) is 37.3 Å². The van der Waals surface area contributed by atoms with Crippen LogP contribution in [0, 0.1) is 0 Å². The van der Waals surface area contributed by atoms with Crippen LogP contribution in [-0.2, 0) is 13.1 Å². The number of rotatable bonds is 6. The van der Waals surface area contributed by atoms with Gasteiger partial charge in [-0.2, -0.15) is 0 Å². The Labute approximate surface area is 158 Å². The predicted octanol–water partition coefficient (Wildman–Crippen LogP) is 0.950. The SMILES string of the molecule is COc1cccc(C[NH+]2CC[NH+](Cc3ccc(OC)c(Br)c3)CC2)c1. The van der Waals surface area contributed by atoms with E-state index in [-0.39, 0.29) is 0 Å². The normalized spacial score (nSPS) is 20.3. The molecule has 3 rings (SSSR count). The third-order valence-corrected chi connectivity index (χ3v) is 5.54. The molecule has 1 aliphatic rings. The Hall–Kier alpha value is -1.56. The fourth-order valence-electron chi connectivity index (χ4n) is 3.49. The van der Waals surface area contributed by atoms with E-state index in [0.717, 1.165) is 29.1 Å². The Balaban J connectivity index is 1.50. The number of hydrogen-bond acceptors (Lipinski definition) is 2. The number of benzene rings is 2. The molecule has 2 N–H and O–H groups in total. The Morgan fingerprint density at radius 3 is 2.04 bits per heavy atom. The average molecular weight is 407 g/mol. The number of nitrogens with one attached hydrogen (secondary N) is 2. The molecule has 0 aliphatic carbocycles. The van der Waals surface area contributed by atoms with Crippen molar-refractivity contribution in [3.8, 4) is 11.5 Å². The van der Waals surface area contributed by atoms with Crippen molar-refractivity contribution in [3.63, 3.8) is 0 Å². The van der Waals surface area contributed by atoms with E-state index < -0.39 is 0 Å². The molecule has 0 unspecified atom stereocenters. The molecule has 0 spiro atoms. The summed E-state index contributed by atoms with van der Waals surface area (Å²) in [7, 11) is 3.43. The molecule has 2 aromatic rings. The summed E-state index contributed by atoms with van der Waals surface area (Å²) in [5, 5.41) is 0. The van der Waals surface area contributed by atoms with Crippen LogP contribution in [0.5, 0.6) is 11.5 Å². The molecule has 1 fully saturated rings. The molecular formula is C20H27BrN2O2+2. The maximum atomic E-state index is 5.33. The number of hydrogen-bond donors (Lipinski definition) is 2. The van der Waals surface area contributed by atoms with Crippen molar-refractivity contribution < 1.29 is 19.3 Å². The van der Waals surface area contributed by atoms with Crippen molar-refractivity contribution in [3.05, 3.63) is 58.1 Å². The maximum Gasteiger partial charge on any atom is 0.133 e. The van der Waals surface area contributed by atoms with Crippen molar-refractivity contribution in [1.82, 2.24) is 0 Å². The number of methoxy groups -OCH3 is 2. The lowest BCUT2D eigenvalue weighted by Gasteiger charge is -2.30. The van der Waals surface area contributed by atoms with E-state index in [9.17, 15) is 0 Å². The summed E-state index contributed by atoms with van der Waals surface area (Å²) in [5.41, 5.74) is 2.72. The van der Waals surface area contributed by atoms with E-state index in [2.05, 4.69) is 46.3 Å². The number of halogens is 1. The van der Waals surface area contributed by atoms with Crippen molar-refractivity contribution in [1.29, 1.82) is 0 Å². The van der Waals surface area contributed by atoms with Crippen LogP contribution in [0.2, 0.25) is 0 Å². The highest BCUT2D eigenvalue weighted by molar-refractivity contribution is 9.10. The zero-order valence-corrected chi connectivity index (χ0v) is 16.6. The minimum atomic E-state index is 0.895. The summed E-state index contributed by atoms with van der Waals surface area (Å²) in [6.07, 6.45) is 0. The zero-order valence-electron chi connectivity index (χ0n) is 15.0. The first-order valence-corrected chi connectivity index (χ1v) is 9.59. The average Bonchev–Trinajstić information content (AvgIpc) is 2.64. The van der Waals surface area contributed by atoms with Gasteiger partial charge in [0.15, 0.2) is 0 Å². The van der Waals surface area contributed by atoms with Gasteiger partial charge in [0.1, 0.15) is 50.8 Å². The lowest BCUT2D eigenvalue weighted by atomic mass is 10.1. The van der Waals surface area contributed by atoms with Crippen LogP contribution in [0.25, 0.3) is 0 Å². The lowest BCUT2D eigenvalue weighted by Crippen LogP contribution is -3.27. The zero-order chi connectivity index (χ0) is 17.6. The molecule has 2 aromatic carbocycles. The molecule has 0 aromatic heterocycles. The van der Waals surface area contributed by atoms with E-state index >= 15 is 0 Å². The topological polar surface area (TPSA) is 27.3 Å². The van der Waals surface area contributed by atoms with Crippen LogP contribution in [0.1, 0.15) is 11.1 Å². The molecule has 1 heterocycles. The van der Waals surface area contributed by atoms with Gasteiger partial charge in [0, 0.05) is 11.1 Å². The summed E-state index contributed by atoms with van der Waals surface area (Å²) >= 11 is 3.58. The van der Waals surface area contributed by atoms with Gasteiger partial charge in [0.2, 0.25) is 0 Å². The van der Waals surface area contributed by atoms with Gasteiger partial charge in [0.05, 0.1) is 18.7 Å². The second kappa shape index (κ2) is 8.70. The highest BCUT2D eigenvalue weighted by Gasteiger charge is 2.23. The van der Waals surface area contributed by atoms with Gasteiger partial charge in [0.25, 0.3) is 0 Å². The minimum absolute atomic E-state index is 0.895. The highest BCUT2D eigenvalue weighted by Crippen LogP contribution is 2.25. The van der Waals surface area contributed by atoms with E-state index in [1.807, 2.05) is 12.1 Å². The van der Waals surface area contributed by atoms with Crippen LogP contribution in [0.3, 0.4) is 0 Å². The Morgan fingerprint density at radius 2 is 1.48 bits per heavy atom. The Morgan fingerprint density at radius 1 is 0.840 bits per heavy atom. The molecule has 25 heavy (non-hydrogen) atoms. The molecule has 4 nitrogen and oxygen atoms in total. The van der Waals surface area contributed by atoms with E-state index in [4.69, 9.17) is 9.47 Å². The van der Waals surface area contributed by atoms with Crippen LogP contribution in [0.15, 0.2) is 46.9 Å². The molecule has 0 atom stereocenters. The molecule has 1 aliphatic heterocycles. The quantitative estimate of drug-likeness (QED) is 0.747. The van der Waals surface area contributed by atoms with Crippen LogP contribution < -0.4 is 19.3 Å². The molecule has 5 heteroatoms. The fourth-order valence-corrected chi connectivity index (χ4v) is 4.08. The summed E-state index contributed by atoms with van der Waals surface area (Å²) < 4.78 is 11.7. The first kappa shape index (κ1) is 18.2. The van der Waals surface area contributed by atoms with Crippen molar-refractivity contribution >= 4 is 15.9 Å². The number of ether oxygens (including phenoxy) is 2. The highest BCUT2D eigenvalue weighted by atomic mass is 79.9. The fraction of sp³-hybridized carbons (Fsp3) is 0.400. The molecule has 0 amide bonds. The van der Waals surface area contributed by atoms with Gasteiger partial charge in [-0.25, -0.2) is 0 Å². The van der Waals surface area contributed by atoms with Crippen molar-refractivity contribution in [2.24, 2.45) is 0 Å². The van der Waals surface area contributed by atoms with Crippen LogP contribution in [-0.4, -0.2) is 40.4 Å². The minimum Gasteiger partial charge on any atom is -0.497 e. The van der Waals surface area contributed by atoms with Gasteiger partial charge in [-0.05, 0) is 46.3 Å². The van der Waals surface area contributed by atoms with Gasteiger partial charge in [-0.15, -0.1) is 0 Å². The largest absolute Gasteiger partial charge is 0.497 e. The lowest BCUT2D eigenvalue weighted by molar-refractivity contribution is -1.02. The number of piperazine rings is 1. The van der Waals surface area contributed by atoms with Gasteiger partial charge in [-0.1, -0.05) is 12.1 Å². The Kier molecular flexibility index (Phi) is 6.34. The Bertz CT molecular complexity index is 700. The molecule has 0 saturated carbocycles. The number of quaternary nitrogens is 2. The third-order valence-electron chi connectivity index (χ3n) is 4.92. The van der Waals surface area contributed by atoms with Crippen molar-refractivity contribution in [2.75, 3.05) is 40.4 Å². The smallest absolute Gasteiger partial charge is 0.133 e. The predicted molar refractivity (Wildman–Crippen MR) is 102 cm³/mol. The summed E-state index contributed by atoms with van der Waals surface area (Å²) in [4.78, 5) is 3.32. The molecule has 134 valence electrons. The van der Waals surface area contributed by atoms with Gasteiger partial charge in [-0.3, -0.25) is 0 Å². The van der Waals surface area contributed by atoms with Crippen LogP contribution >= 0.6 is 15.9 Å². The monoisotopic (exact) mass is 406 g/mol. The first-order valence-electron chi connectivity index (χ1n) is 8.80. The second-order valence-corrected chi connectivity index (χ2v) is 7.53. The molecule has 0 bridgehead atoms. The van der Waals surface area contributed by atoms with E-state index in [1.54, 1.807) is 24.0 Å².